The van der Waals surface area contributed by atoms with Crippen molar-refractivity contribution in [1.29, 1.82) is 0 Å². The minimum absolute atomic E-state index is 0.109. The van der Waals surface area contributed by atoms with E-state index in [4.69, 9.17) is 9.84 Å². The molecule has 1 atom stereocenters. The van der Waals surface area contributed by atoms with Crippen LogP contribution in [0.25, 0.3) is 0 Å². The van der Waals surface area contributed by atoms with Gasteiger partial charge < -0.3 is 15.2 Å². The van der Waals surface area contributed by atoms with Gasteiger partial charge in [0.25, 0.3) is 5.91 Å². The molecule has 1 amide bonds. The summed E-state index contributed by atoms with van der Waals surface area (Å²) < 4.78 is 5.42. The minimum atomic E-state index is -0.814. The number of amides is 1. The molecule has 0 aromatic carbocycles. The second-order valence-corrected chi connectivity index (χ2v) is 5.16. The molecule has 1 unspecified atom stereocenters. The Morgan fingerprint density at radius 1 is 1.50 bits per heavy atom. The average Bonchev–Trinajstić information content (AvgIpc) is 2.87. The molecule has 0 aliphatic rings. The van der Waals surface area contributed by atoms with Crippen LogP contribution in [0.2, 0.25) is 0 Å². The van der Waals surface area contributed by atoms with Crippen molar-refractivity contribution in [2.24, 2.45) is 0 Å². The first kappa shape index (κ1) is 16.6. The first-order chi connectivity index (χ1) is 9.54. The second-order valence-electron chi connectivity index (χ2n) is 4.28. The SMILES string of the molecule is CCOC(C)c1nc(C(=O)NCCCCC(=O)O)cs1. The van der Waals surface area contributed by atoms with Crippen LogP contribution in [0.1, 0.15) is 54.7 Å². The van der Waals surface area contributed by atoms with Gasteiger partial charge in [0.2, 0.25) is 0 Å². The number of rotatable bonds is 9. The molecule has 0 fully saturated rings. The van der Waals surface area contributed by atoms with Crippen molar-refractivity contribution in [2.45, 2.75) is 39.2 Å². The highest BCUT2D eigenvalue weighted by Gasteiger charge is 2.14. The normalized spacial score (nSPS) is 12.1. The Morgan fingerprint density at radius 3 is 2.90 bits per heavy atom. The first-order valence-corrected chi connectivity index (χ1v) is 7.49. The Labute approximate surface area is 122 Å². The van der Waals surface area contributed by atoms with Crippen molar-refractivity contribution in [2.75, 3.05) is 13.2 Å². The lowest BCUT2D eigenvalue weighted by Gasteiger charge is -2.07. The number of carboxylic acid groups (broad SMARTS) is 1. The van der Waals surface area contributed by atoms with E-state index >= 15 is 0 Å². The maximum Gasteiger partial charge on any atom is 0.303 e. The van der Waals surface area contributed by atoms with Crippen LogP contribution < -0.4 is 5.32 Å². The third kappa shape index (κ3) is 5.66. The molecular weight excluding hydrogens is 280 g/mol. The van der Waals surface area contributed by atoms with Crippen LogP contribution in [0.15, 0.2) is 5.38 Å². The fraction of sp³-hybridized carbons (Fsp3) is 0.615. The van der Waals surface area contributed by atoms with E-state index in [0.717, 1.165) is 5.01 Å². The van der Waals surface area contributed by atoms with E-state index in [-0.39, 0.29) is 18.4 Å². The summed E-state index contributed by atoms with van der Waals surface area (Å²) >= 11 is 1.40. The number of hydrogen-bond donors (Lipinski definition) is 2. The van der Waals surface area contributed by atoms with Crippen LogP contribution in [0.3, 0.4) is 0 Å². The smallest absolute Gasteiger partial charge is 0.303 e. The molecule has 1 heterocycles. The van der Waals surface area contributed by atoms with E-state index in [0.29, 0.717) is 31.7 Å². The van der Waals surface area contributed by atoms with E-state index < -0.39 is 5.97 Å². The number of carbonyl (C=O) groups is 2. The average molecular weight is 300 g/mol. The van der Waals surface area contributed by atoms with E-state index in [1.807, 2.05) is 13.8 Å². The lowest BCUT2D eigenvalue weighted by Crippen LogP contribution is -2.24. The Hall–Kier alpha value is -1.47. The minimum Gasteiger partial charge on any atom is -0.481 e. The molecule has 6 nitrogen and oxygen atoms in total. The van der Waals surface area contributed by atoms with Crippen molar-refractivity contribution < 1.29 is 19.4 Å². The molecular formula is C13H20N2O4S. The van der Waals surface area contributed by atoms with Gasteiger partial charge >= 0.3 is 5.97 Å². The lowest BCUT2D eigenvalue weighted by atomic mass is 10.2. The molecule has 2 N–H and O–H groups in total. The predicted octanol–water partition coefficient (Wildman–Crippen LogP) is 2.23. The number of carbonyl (C=O) groups excluding carboxylic acids is 1. The number of carboxylic acids is 1. The number of ether oxygens (including phenoxy) is 1. The van der Waals surface area contributed by atoms with Gasteiger partial charge in [-0.3, -0.25) is 9.59 Å². The third-order valence-electron chi connectivity index (χ3n) is 2.62. The lowest BCUT2D eigenvalue weighted by molar-refractivity contribution is -0.137. The van der Waals surface area contributed by atoms with E-state index in [1.54, 1.807) is 5.38 Å². The quantitative estimate of drug-likeness (QED) is 0.683. The summed E-state index contributed by atoms with van der Waals surface area (Å²) in [6, 6.07) is 0. The topological polar surface area (TPSA) is 88.5 Å². The molecule has 0 spiro atoms. The van der Waals surface area contributed by atoms with Crippen LogP contribution in [0.4, 0.5) is 0 Å². The van der Waals surface area contributed by atoms with Crippen LogP contribution in [0, 0.1) is 0 Å². The van der Waals surface area contributed by atoms with E-state index in [2.05, 4.69) is 10.3 Å². The van der Waals surface area contributed by atoms with Gasteiger partial charge in [0, 0.05) is 25.0 Å². The Kier molecular flexibility index (Phi) is 7.17. The summed E-state index contributed by atoms with van der Waals surface area (Å²) in [5.41, 5.74) is 0.384. The molecule has 1 aromatic rings. The molecule has 7 heteroatoms. The summed E-state index contributed by atoms with van der Waals surface area (Å²) in [4.78, 5) is 26.4. The van der Waals surface area contributed by atoms with Crippen LogP contribution >= 0.6 is 11.3 Å². The molecule has 0 radical (unpaired) electrons. The summed E-state index contributed by atoms with van der Waals surface area (Å²) in [7, 11) is 0. The number of nitrogens with one attached hydrogen (secondary N) is 1. The maximum absolute atomic E-state index is 11.8. The zero-order valence-corrected chi connectivity index (χ0v) is 12.5. The summed E-state index contributed by atoms with van der Waals surface area (Å²) in [5, 5.41) is 13.7. The number of nitrogens with zero attached hydrogens (tertiary/aromatic N) is 1. The van der Waals surface area contributed by atoms with Crippen LogP contribution in [-0.4, -0.2) is 35.1 Å². The van der Waals surface area contributed by atoms with Crippen LogP contribution in [0.5, 0.6) is 0 Å². The largest absolute Gasteiger partial charge is 0.481 e. The molecule has 0 saturated heterocycles. The number of hydrogen-bond acceptors (Lipinski definition) is 5. The van der Waals surface area contributed by atoms with Crippen molar-refractivity contribution in [3.8, 4) is 0 Å². The highest BCUT2D eigenvalue weighted by atomic mass is 32.1. The Balaban J connectivity index is 2.34. The molecule has 112 valence electrons. The standard InChI is InChI=1S/C13H20N2O4S/c1-3-19-9(2)13-15-10(8-20-13)12(18)14-7-5-4-6-11(16)17/h8-9H,3-7H2,1-2H3,(H,14,18)(H,16,17). The third-order valence-corrected chi connectivity index (χ3v) is 3.63. The zero-order chi connectivity index (χ0) is 15.0. The van der Waals surface area contributed by atoms with Crippen molar-refractivity contribution in [3.63, 3.8) is 0 Å². The molecule has 0 aliphatic carbocycles. The highest BCUT2D eigenvalue weighted by molar-refractivity contribution is 7.09. The Morgan fingerprint density at radius 2 is 2.25 bits per heavy atom. The molecule has 1 rings (SSSR count). The maximum atomic E-state index is 11.8. The molecule has 20 heavy (non-hydrogen) atoms. The van der Waals surface area contributed by atoms with Crippen molar-refractivity contribution in [1.82, 2.24) is 10.3 Å². The van der Waals surface area contributed by atoms with Crippen molar-refractivity contribution in [3.05, 3.63) is 16.1 Å². The fourth-order valence-electron chi connectivity index (χ4n) is 1.59. The number of unbranched alkanes of at least 4 members (excludes halogenated alkanes) is 1. The number of thiazole rings is 1. The van der Waals surface area contributed by atoms with Gasteiger partial charge in [-0.25, -0.2) is 4.98 Å². The molecule has 1 aromatic heterocycles. The molecule has 0 bridgehead atoms. The Bertz CT molecular complexity index is 447. The number of aliphatic carboxylic acids is 1. The first-order valence-electron chi connectivity index (χ1n) is 6.61. The van der Waals surface area contributed by atoms with Gasteiger partial charge in [0.1, 0.15) is 16.8 Å². The monoisotopic (exact) mass is 300 g/mol. The summed E-state index contributed by atoms with van der Waals surface area (Å²) in [6.07, 6.45) is 1.22. The van der Waals surface area contributed by atoms with Gasteiger partial charge in [-0.2, -0.15) is 0 Å². The van der Waals surface area contributed by atoms with Gasteiger partial charge in [-0.05, 0) is 26.7 Å². The molecule has 0 saturated carbocycles. The van der Waals surface area contributed by atoms with Crippen molar-refractivity contribution >= 4 is 23.2 Å². The fourth-order valence-corrected chi connectivity index (χ4v) is 2.40. The summed E-state index contributed by atoms with van der Waals surface area (Å²) in [6.45, 7) is 4.87. The summed E-state index contributed by atoms with van der Waals surface area (Å²) in [5.74, 6) is -1.04. The van der Waals surface area contributed by atoms with Gasteiger partial charge in [-0.1, -0.05) is 0 Å². The van der Waals surface area contributed by atoms with Crippen LogP contribution in [-0.2, 0) is 9.53 Å². The van der Waals surface area contributed by atoms with Gasteiger partial charge in [-0.15, -0.1) is 11.3 Å². The van der Waals surface area contributed by atoms with E-state index in [1.165, 1.54) is 11.3 Å². The zero-order valence-electron chi connectivity index (χ0n) is 11.7. The predicted molar refractivity (Wildman–Crippen MR) is 76.0 cm³/mol. The number of aromatic nitrogens is 1. The van der Waals surface area contributed by atoms with E-state index in [9.17, 15) is 9.59 Å². The highest BCUT2D eigenvalue weighted by Crippen LogP contribution is 2.20. The molecule has 0 aliphatic heterocycles. The van der Waals surface area contributed by atoms with Gasteiger partial charge in [0.05, 0.1) is 0 Å². The second kappa shape index (κ2) is 8.65. The van der Waals surface area contributed by atoms with Gasteiger partial charge in [0.15, 0.2) is 0 Å².